The van der Waals surface area contributed by atoms with Crippen LogP contribution in [0, 0.1) is 5.92 Å². The van der Waals surface area contributed by atoms with E-state index in [1.165, 1.54) is 16.3 Å². The van der Waals surface area contributed by atoms with Gasteiger partial charge in [-0.25, -0.2) is 0 Å². The first kappa shape index (κ1) is 15.6. The van der Waals surface area contributed by atoms with Gasteiger partial charge in [-0.1, -0.05) is 19.9 Å². The Morgan fingerprint density at radius 2 is 1.95 bits per heavy atom. The van der Waals surface area contributed by atoms with E-state index in [2.05, 4.69) is 46.9 Å². The number of nitrogens with zero attached hydrogens (tertiary/aromatic N) is 2. The van der Waals surface area contributed by atoms with Crippen LogP contribution in [-0.4, -0.2) is 23.3 Å². The fraction of sp³-hybridized carbons (Fsp3) is 0.600. The molecule has 0 unspecified atom stereocenters. The third-order valence-electron chi connectivity index (χ3n) is 2.97. The van der Waals surface area contributed by atoms with Crippen LogP contribution in [0.4, 0.5) is 0 Å². The molecule has 2 aromatic heterocycles. The highest BCUT2D eigenvalue weighted by Gasteiger charge is 2.04. The summed E-state index contributed by atoms with van der Waals surface area (Å²) in [6.07, 6.45) is 4.37. The van der Waals surface area contributed by atoms with Gasteiger partial charge in [0, 0.05) is 24.3 Å². The Bertz CT molecular complexity index is 477. The average Bonchev–Trinajstić information content (AvgIpc) is 3.06. The average molecular weight is 310 g/mol. The van der Waals surface area contributed by atoms with Gasteiger partial charge in [0.25, 0.3) is 0 Å². The van der Waals surface area contributed by atoms with Crippen molar-refractivity contribution in [1.82, 2.24) is 15.5 Å². The van der Waals surface area contributed by atoms with Crippen LogP contribution in [-0.2, 0) is 19.3 Å². The largest absolute Gasteiger partial charge is 0.316 e. The minimum absolute atomic E-state index is 0.706. The smallest absolute Gasteiger partial charge is 0.118 e. The summed E-state index contributed by atoms with van der Waals surface area (Å²) in [5.74, 6) is 0.706. The van der Waals surface area contributed by atoms with Crippen LogP contribution in [0.2, 0.25) is 0 Å². The molecule has 0 atom stereocenters. The Morgan fingerprint density at radius 3 is 2.65 bits per heavy atom. The Hall–Kier alpha value is -0.780. The van der Waals surface area contributed by atoms with Gasteiger partial charge in [0.1, 0.15) is 10.0 Å². The van der Waals surface area contributed by atoms with Crippen molar-refractivity contribution in [3.8, 4) is 0 Å². The molecule has 0 amide bonds. The van der Waals surface area contributed by atoms with Crippen LogP contribution >= 0.6 is 22.7 Å². The summed E-state index contributed by atoms with van der Waals surface area (Å²) in [5.41, 5.74) is 0. The van der Waals surface area contributed by atoms with Crippen molar-refractivity contribution < 1.29 is 0 Å². The quantitative estimate of drug-likeness (QED) is 0.720. The van der Waals surface area contributed by atoms with E-state index >= 15 is 0 Å². The number of hydrogen-bond donors (Lipinski definition) is 1. The topological polar surface area (TPSA) is 37.8 Å². The Kier molecular flexibility index (Phi) is 6.63. The maximum atomic E-state index is 4.29. The first-order valence-corrected chi connectivity index (χ1v) is 8.98. The fourth-order valence-electron chi connectivity index (χ4n) is 1.95. The molecule has 3 nitrogen and oxygen atoms in total. The van der Waals surface area contributed by atoms with Gasteiger partial charge in [-0.3, -0.25) is 0 Å². The summed E-state index contributed by atoms with van der Waals surface area (Å²) in [7, 11) is 0. The highest BCUT2D eigenvalue weighted by molar-refractivity contribution is 7.11. The van der Waals surface area contributed by atoms with E-state index in [0.717, 1.165) is 37.4 Å². The number of thiophene rings is 1. The van der Waals surface area contributed by atoms with Crippen LogP contribution in [0.15, 0.2) is 17.5 Å². The Morgan fingerprint density at radius 1 is 1.15 bits per heavy atom. The molecule has 0 fully saturated rings. The van der Waals surface area contributed by atoms with Gasteiger partial charge in [0.15, 0.2) is 0 Å². The summed E-state index contributed by atoms with van der Waals surface area (Å²) < 4.78 is 0. The van der Waals surface area contributed by atoms with Crippen molar-refractivity contribution in [3.63, 3.8) is 0 Å². The molecular weight excluding hydrogens is 286 g/mol. The normalized spacial score (nSPS) is 11.3. The monoisotopic (exact) mass is 309 g/mol. The van der Waals surface area contributed by atoms with E-state index in [-0.39, 0.29) is 0 Å². The van der Waals surface area contributed by atoms with Crippen molar-refractivity contribution in [2.24, 2.45) is 5.92 Å². The zero-order chi connectivity index (χ0) is 14.2. The molecule has 0 bridgehead atoms. The van der Waals surface area contributed by atoms with E-state index in [4.69, 9.17) is 0 Å². The SMILES string of the molecule is CC(C)CNCCc1nnc(CCCc2cccs2)s1. The Labute approximate surface area is 129 Å². The third kappa shape index (κ3) is 5.69. The molecule has 2 rings (SSSR count). The van der Waals surface area contributed by atoms with Gasteiger partial charge >= 0.3 is 0 Å². The molecule has 1 N–H and O–H groups in total. The van der Waals surface area contributed by atoms with Gasteiger partial charge in [-0.15, -0.1) is 32.9 Å². The molecule has 0 radical (unpaired) electrons. The molecule has 5 heteroatoms. The first-order valence-electron chi connectivity index (χ1n) is 7.28. The summed E-state index contributed by atoms with van der Waals surface area (Å²) in [5, 5.41) is 16.5. The van der Waals surface area contributed by atoms with Gasteiger partial charge in [-0.2, -0.15) is 0 Å². The molecule has 110 valence electrons. The lowest BCUT2D eigenvalue weighted by Gasteiger charge is -2.05. The zero-order valence-electron chi connectivity index (χ0n) is 12.3. The second-order valence-electron chi connectivity index (χ2n) is 5.37. The van der Waals surface area contributed by atoms with Gasteiger partial charge in [-0.05, 0) is 36.8 Å². The molecule has 0 aromatic carbocycles. The number of aryl methyl sites for hydroxylation is 2. The van der Waals surface area contributed by atoms with E-state index in [1.54, 1.807) is 11.3 Å². The molecule has 0 aliphatic carbocycles. The fourth-order valence-corrected chi connectivity index (χ4v) is 3.58. The van der Waals surface area contributed by atoms with E-state index < -0.39 is 0 Å². The molecule has 20 heavy (non-hydrogen) atoms. The van der Waals surface area contributed by atoms with Crippen molar-refractivity contribution >= 4 is 22.7 Å². The third-order valence-corrected chi connectivity index (χ3v) is 4.95. The van der Waals surface area contributed by atoms with Crippen LogP contribution in [0.25, 0.3) is 0 Å². The molecular formula is C15H23N3S2. The van der Waals surface area contributed by atoms with Gasteiger partial charge in [0.2, 0.25) is 0 Å². The predicted molar refractivity (Wildman–Crippen MR) is 87.7 cm³/mol. The maximum Gasteiger partial charge on any atom is 0.118 e. The second kappa shape index (κ2) is 8.49. The first-order chi connectivity index (χ1) is 9.74. The van der Waals surface area contributed by atoms with Gasteiger partial charge < -0.3 is 5.32 Å². The van der Waals surface area contributed by atoms with Crippen LogP contribution < -0.4 is 5.32 Å². The highest BCUT2D eigenvalue weighted by atomic mass is 32.1. The molecule has 0 saturated carbocycles. The lowest BCUT2D eigenvalue weighted by Crippen LogP contribution is -2.22. The summed E-state index contributed by atoms with van der Waals surface area (Å²) in [6, 6.07) is 4.32. The summed E-state index contributed by atoms with van der Waals surface area (Å²) in [6.45, 7) is 6.53. The van der Waals surface area contributed by atoms with Crippen molar-refractivity contribution in [2.75, 3.05) is 13.1 Å². The lowest BCUT2D eigenvalue weighted by atomic mass is 10.2. The zero-order valence-corrected chi connectivity index (χ0v) is 13.9. The van der Waals surface area contributed by atoms with Crippen LogP contribution in [0.5, 0.6) is 0 Å². The van der Waals surface area contributed by atoms with Gasteiger partial charge in [0.05, 0.1) is 0 Å². The molecule has 0 aliphatic heterocycles. The standard InChI is InChI=1S/C15H23N3S2/c1-12(2)11-16-9-8-15-18-17-14(20-15)7-3-5-13-6-4-10-19-13/h4,6,10,12,16H,3,5,7-9,11H2,1-2H3. The van der Waals surface area contributed by atoms with Crippen molar-refractivity contribution in [1.29, 1.82) is 0 Å². The van der Waals surface area contributed by atoms with E-state index in [1.807, 2.05) is 11.3 Å². The van der Waals surface area contributed by atoms with Crippen LogP contribution in [0.1, 0.15) is 35.2 Å². The number of hydrogen-bond acceptors (Lipinski definition) is 5. The van der Waals surface area contributed by atoms with Crippen LogP contribution in [0.3, 0.4) is 0 Å². The molecule has 2 aromatic rings. The highest BCUT2D eigenvalue weighted by Crippen LogP contribution is 2.16. The predicted octanol–water partition coefficient (Wildman–Crippen LogP) is 3.56. The van der Waals surface area contributed by atoms with Crippen molar-refractivity contribution in [3.05, 3.63) is 32.4 Å². The molecule has 2 heterocycles. The van der Waals surface area contributed by atoms with E-state index in [0.29, 0.717) is 5.92 Å². The maximum absolute atomic E-state index is 4.29. The number of rotatable bonds is 9. The van der Waals surface area contributed by atoms with Crippen molar-refractivity contribution in [2.45, 2.75) is 39.5 Å². The summed E-state index contributed by atoms with van der Waals surface area (Å²) in [4.78, 5) is 1.47. The number of nitrogens with one attached hydrogen (secondary N) is 1. The minimum atomic E-state index is 0.706. The molecule has 0 spiro atoms. The lowest BCUT2D eigenvalue weighted by molar-refractivity contribution is 0.553. The Balaban J connectivity index is 1.64. The number of aromatic nitrogens is 2. The molecule has 0 saturated heterocycles. The minimum Gasteiger partial charge on any atom is -0.316 e. The summed E-state index contributed by atoms with van der Waals surface area (Å²) >= 11 is 3.61. The van der Waals surface area contributed by atoms with E-state index in [9.17, 15) is 0 Å². The second-order valence-corrected chi connectivity index (χ2v) is 7.55. The molecule has 0 aliphatic rings.